The number of allylic oxidation sites excluding steroid dienone is 4. The third-order valence-electron chi connectivity index (χ3n) is 6.84. The second kappa shape index (κ2) is 10.1. The highest BCUT2D eigenvalue weighted by atomic mass is 16.3. The van der Waals surface area contributed by atoms with Gasteiger partial charge in [0.25, 0.3) is 0 Å². The van der Waals surface area contributed by atoms with Crippen LogP contribution in [0.5, 0.6) is 0 Å². The van der Waals surface area contributed by atoms with Crippen molar-refractivity contribution in [1.29, 1.82) is 0 Å². The zero-order valence-electron chi connectivity index (χ0n) is 20.0. The van der Waals surface area contributed by atoms with E-state index in [1.807, 2.05) is 85.0 Å². The number of benzene rings is 2. The van der Waals surface area contributed by atoms with Crippen molar-refractivity contribution in [2.24, 2.45) is 0 Å². The van der Waals surface area contributed by atoms with Crippen molar-refractivity contribution in [3.8, 4) is 0 Å². The second-order valence-electron chi connectivity index (χ2n) is 10.1. The summed E-state index contributed by atoms with van der Waals surface area (Å²) in [5, 5.41) is 20.6. The molecular weight excluding hydrogens is 420 g/mol. The van der Waals surface area contributed by atoms with Crippen LogP contribution in [0.1, 0.15) is 62.5 Å². The molecule has 0 bridgehead atoms. The number of aliphatic hydroxyl groups is 2. The van der Waals surface area contributed by atoms with Gasteiger partial charge in [0, 0.05) is 11.8 Å². The highest BCUT2D eigenvalue weighted by Gasteiger charge is 2.32. The molecule has 4 unspecified atom stereocenters. The average Bonchev–Trinajstić information content (AvgIpc) is 2.83. The molecule has 3 heteroatoms. The largest absolute Gasteiger partial charge is 0.386 e. The molecule has 34 heavy (non-hydrogen) atoms. The molecule has 3 nitrogen and oxygen atoms in total. The Hall–Kier alpha value is -3.01. The standard InChI is InChI=1S/C31H34O3/c1-30(33)17-13-23(14-18-30)21-27(25-9-5-3-6-10-25)29(32)28(26-11-7-4-8-12-26)22-24-15-19-31(2,34)20-16-24/h3-17,19,27-28,33-34H,18,20-22H2,1-2H3. The lowest BCUT2D eigenvalue weighted by atomic mass is 9.76. The van der Waals surface area contributed by atoms with E-state index in [1.54, 1.807) is 13.8 Å². The van der Waals surface area contributed by atoms with E-state index in [-0.39, 0.29) is 17.6 Å². The van der Waals surface area contributed by atoms with Gasteiger partial charge in [-0.05, 0) is 50.7 Å². The Labute approximate surface area is 202 Å². The Morgan fingerprint density at radius 2 is 1.12 bits per heavy atom. The minimum Gasteiger partial charge on any atom is -0.386 e. The van der Waals surface area contributed by atoms with Gasteiger partial charge in [-0.1, -0.05) is 108 Å². The van der Waals surface area contributed by atoms with Gasteiger partial charge in [0.2, 0.25) is 0 Å². The van der Waals surface area contributed by atoms with Gasteiger partial charge in [0.1, 0.15) is 5.78 Å². The first kappa shape index (κ1) is 24.1. The van der Waals surface area contributed by atoms with Crippen LogP contribution in [0.15, 0.2) is 108 Å². The summed E-state index contributed by atoms with van der Waals surface area (Å²) in [6.07, 6.45) is 14.0. The van der Waals surface area contributed by atoms with Crippen LogP contribution in [0.25, 0.3) is 0 Å². The van der Waals surface area contributed by atoms with E-state index in [4.69, 9.17) is 0 Å². The van der Waals surface area contributed by atoms with Crippen LogP contribution in [0.4, 0.5) is 0 Å². The van der Waals surface area contributed by atoms with Crippen molar-refractivity contribution in [2.45, 2.75) is 62.6 Å². The molecule has 0 saturated carbocycles. The third-order valence-corrected chi connectivity index (χ3v) is 6.84. The molecule has 4 rings (SSSR count). The van der Waals surface area contributed by atoms with Gasteiger partial charge in [-0.15, -0.1) is 0 Å². The fourth-order valence-corrected chi connectivity index (χ4v) is 4.67. The van der Waals surface area contributed by atoms with Crippen LogP contribution in [-0.2, 0) is 4.79 Å². The van der Waals surface area contributed by atoms with Gasteiger partial charge < -0.3 is 10.2 Å². The average molecular weight is 455 g/mol. The predicted molar refractivity (Wildman–Crippen MR) is 138 cm³/mol. The van der Waals surface area contributed by atoms with Crippen LogP contribution in [-0.4, -0.2) is 27.2 Å². The van der Waals surface area contributed by atoms with Crippen LogP contribution >= 0.6 is 0 Å². The van der Waals surface area contributed by atoms with Crippen molar-refractivity contribution < 1.29 is 15.0 Å². The number of carbonyl (C=O) groups excluding carboxylic acids is 1. The Balaban J connectivity index is 1.66. The molecule has 2 N–H and O–H groups in total. The Morgan fingerprint density at radius 3 is 1.44 bits per heavy atom. The van der Waals surface area contributed by atoms with E-state index in [0.717, 1.165) is 22.3 Å². The van der Waals surface area contributed by atoms with Gasteiger partial charge in [0.15, 0.2) is 0 Å². The molecule has 2 aromatic rings. The van der Waals surface area contributed by atoms with Crippen LogP contribution in [0.2, 0.25) is 0 Å². The zero-order chi connectivity index (χ0) is 24.2. The molecule has 0 aromatic heterocycles. The number of rotatable bonds is 8. The van der Waals surface area contributed by atoms with E-state index in [0.29, 0.717) is 25.7 Å². The highest BCUT2D eigenvalue weighted by Crippen LogP contribution is 2.37. The lowest BCUT2D eigenvalue weighted by Gasteiger charge is -2.28. The zero-order valence-corrected chi connectivity index (χ0v) is 20.0. The number of carbonyl (C=O) groups is 1. The molecule has 176 valence electrons. The van der Waals surface area contributed by atoms with Crippen LogP contribution in [0.3, 0.4) is 0 Å². The maximum absolute atomic E-state index is 14.2. The van der Waals surface area contributed by atoms with Gasteiger partial charge in [-0.25, -0.2) is 0 Å². The number of hydrogen-bond acceptors (Lipinski definition) is 3. The fraction of sp³-hybridized carbons (Fsp3) is 0.323. The summed E-state index contributed by atoms with van der Waals surface area (Å²) in [4.78, 5) is 14.2. The van der Waals surface area contributed by atoms with Crippen LogP contribution in [0, 0.1) is 0 Å². The number of hydrogen-bond donors (Lipinski definition) is 2. The van der Waals surface area contributed by atoms with E-state index in [2.05, 4.69) is 12.2 Å². The molecule has 0 spiro atoms. The van der Waals surface area contributed by atoms with Crippen LogP contribution < -0.4 is 0 Å². The topological polar surface area (TPSA) is 57.5 Å². The monoisotopic (exact) mass is 454 g/mol. The van der Waals surface area contributed by atoms with Crippen molar-refractivity contribution in [1.82, 2.24) is 0 Å². The summed E-state index contributed by atoms with van der Waals surface area (Å²) in [5.41, 5.74) is 2.51. The minimum atomic E-state index is -0.830. The maximum atomic E-state index is 14.2. The van der Waals surface area contributed by atoms with Crippen molar-refractivity contribution in [3.05, 3.63) is 119 Å². The number of Topliss-reactive ketones (excluding diaryl/α,β-unsaturated/α-hetero) is 1. The smallest absolute Gasteiger partial charge is 0.148 e. The van der Waals surface area contributed by atoms with Crippen molar-refractivity contribution >= 4 is 5.78 Å². The summed E-state index contributed by atoms with van der Waals surface area (Å²) in [5.74, 6) is -0.390. The molecule has 2 aliphatic rings. The van der Waals surface area contributed by atoms with E-state index in [9.17, 15) is 15.0 Å². The summed E-state index contributed by atoms with van der Waals surface area (Å²) >= 11 is 0. The summed E-state index contributed by atoms with van der Waals surface area (Å²) in [6, 6.07) is 20.0. The molecule has 0 radical (unpaired) electrons. The molecule has 0 heterocycles. The quantitative estimate of drug-likeness (QED) is 0.501. The van der Waals surface area contributed by atoms with Crippen molar-refractivity contribution in [3.63, 3.8) is 0 Å². The summed E-state index contributed by atoms with van der Waals surface area (Å²) in [6.45, 7) is 3.59. The number of ketones is 1. The molecule has 0 aliphatic heterocycles. The first-order valence-electron chi connectivity index (χ1n) is 12.1. The Bertz CT molecular complexity index is 1030. The van der Waals surface area contributed by atoms with E-state index < -0.39 is 11.2 Å². The second-order valence-corrected chi connectivity index (χ2v) is 10.1. The maximum Gasteiger partial charge on any atom is 0.148 e. The van der Waals surface area contributed by atoms with Gasteiger partial charge in [-0.2, -0.15) is 0 Å². The normalized spacial score (nSPS) is 25.9. The van der Waals surface area contributed by atoms with Gasteiger partial charge in [0.05, 0.1) is 11.2 Å². The molecule has 2 aromatic carbocycles. The molecule has 0 saturated heterocycles. The predicted octanol–water partition coefficient (Wildman–Crippen LogP) is 6.18. The highest BCUT2D eigenvalue weighted by molar-refractivity contribution is 5.92. The first-order chi connectivity index (χ1) is 16.2. The third kappa shape index (κ3) is 6.11. The molecular formula is C31H34O3. The molecule has 0 fully saturated rings. The van der Waals surface area contributed by atoms with Crippen molar-refractivity contribution in [2.75, 3.05) is 0 Å². The fourth-order valence-electron chi connectivity index (χ4n) is 4.67. The molecule has 4 atom stereocenters. The first-order valence-corrected chi connectivity index (χ1v) is 12.1. The Morgan fingerprint density at radius 1 is 0.735 bits per heavy atom. The Kier molecular flexibility index (Phi) is 7.16. The lowest BCUT2D eigenvalue weighted by Crippen LogP contribution is -2.25. The minimum absolute atomic E-state index is 0.190. The van der Waals surface area contributed by atoms with Gasteiger partial charge in [-0.3, -0.25) is 4.79 Å². The SMILES string of the molecule is CC1(O)C=CC(CC(C(=O)C(CC2=CCC(C)(O)C=C2)c2ccccc2)c2ccccc2)=CC1. The summed E-state index contributed by atoms with van der Waals surface area (Å²) < 4.78 is 0. The summed E-state index contributed by atoms with van der Waals surface area (Å²) in [7, 11) is 0. The molecule has 2 aliphatic carbocycles. The lowest BCUT2D eigenvalue weighted by molar-refractivity contribution is -0.122. The van der Waals surface area contributed by atoms with E-state index >= 15 is 0 Å². The molecule has 0 amide bonds. The van der Waals surface area contributed by atoms with E-state index in [1.165, 1.54) is 0 Å². The van der Waals surface area contributed by atoms with Gasteiger partial charge >= 0.3 is 0 Å².